The summed E-state index contributed by atoms with van der Waals surface area (Å²) >= 11 is 0. The fourth-order valence-corrected chi connectivity index (χ4v) is 15.1. The lowest BCUT2D eigenvalue weighted by molar-refractivity contribution is 1.13. The minimum Gasteiger partial charge on any atom is -0.307 e. The summed E-state index contributed by atoms with van der Waals surface area (Å²) in [6.07, 6.45) is 0. The van der Waals surface area contributed by atoms with E-state index in [9.17, 15) is 0 Å². The number of nitrogens with zero attached hydrogens (tertiary/aromatic N) is 2. The molecule has 0 radical (unpaired) electrons. The number of para-hydroxylation sites is 3. The summed E-state index contributed by atoms with van der Waals surface area (Å²) in [6, 6.07) is 94.4. The average Bonchev–Trinajstić information content (AvgIpc) is 3.88. The molecular formula is C60H42N2Si. The number of fused-ring (bicyclic) bond motifs is 6. The molecule has 2 heterocycles. The molecule has 0 aliphatic carbocycles. The third kappa shape index (κ3) is 5.85. The van der Waals surface area contributed by atoms with Gasteiger partial charge in [0.1, 0.15) is 0 Å². The Bertz CT molecular complexity index is 3500. The average molecular weight is 819 g/mol. The first-order chi connectivity index (χ1) is 31.3. The van der Waals surface area contributed by atoms with Crippen molar-refractivity contribution in [2.45, 2.75) is 0 Å². The van der Waals surface area contributed by atoms with E-state index < -0.39 is 8.07 Å². The second kappa shape index (κ2) is 15.2. The molecule has 0 spiro atoms. The Morgan fingerprint density at radius 2 is 0.730 bits per heavy atom. The van der Waals surface area contributed by atoms with Crippen LogP contribution in [0.3, 0.4) is 0 Å². The Morgan fingerprint density at radius 3 is 1.33 bits per heavy atom. The molecule has 2 aromatic heterocycles. The lowest BCUT2D eigenvalue weighted by Gasteiger charge is -2.34. The molecule has 63 heavy (non-hydrogen) atoms. The zero-order valence-corrected chi connectivity index (χ0v) is 35.6. The number of rotatable bonds is 8. The van der Waals surface area contributed by atoms with E-state index >= 15 is 0 Å². The van der Waals surface area contributed by atoms with Crippen LogP contribution < -0.4 is 20.7 Å². The molecule has 2 nitrogen and oxygen atoms in total. The molecule has 12 aromatic rings. The largest absolute Gasteiger partial charge is 0.307 e. The summed E-state index contributed by atoms with van der Waals surface area (Å²) in [5.74, 6) is 0. The van der Waals surface area contributed by atoms with E-state index in [1.54, 1.807) is 0 Å². The number of hydrogen-bond acceptors (Lipinski definition) is 0. The first-order valence-corrected chi connectivity index (χ1v) is 23.8. The summed E-state index contributed by atoms with van der Waals surface area (Å²) < 4.78 is 5.09. The van der Waals surface area contributed by atoms with E-state index in [0.717, 1.165) is 11.4 Å². The van der Waals surface area contributed by atoms with Gasteiger partial charge in [0, 0.05) is 27.1 Å². The molecule has 12 rings (SSSR count). The predicted octanol–water partition coefficient (Wildman–Crippen LogP) is 12.6. The van der Waals surface area contributed by atoms with Gasteiger partial charge >= 0.3 is 0 Å². The first kappa shape index (κ1) is 36.8. The van der Waals surface area contributed by atoms with Crippen LogP contribution in [0.15, 0.2) is 255 Å². The molecule has 0 fully saturated rings. The Morgan fingerprint density at radius 1 is 0.254 bits per heavy atom. The van der Waals surface area contributed by atoms with Gasteiger partial charge in [-0.25, -0.2) is 0 Å². The topological polar surface area (TPSA) is 9.86 Å². The van der Waals surface area contributed by atoms with Gasteiger partial charge in [0.25, 0.3) is 0 Å². The molecular weight excluding hydrogens is 777 g/mol. The molecule has 0 atom stereocenters. The van der Waals surface area contributed by atoms with Crippen LogP contribution in [0, 0.1) is 0 Å². The zero-order valence-electron chi connectivity index (χ0n) is 34.6. The van der Waals surface area contributed by atoms with Crippen LogP contribution >= 0.6 is 0 Å². The highest BCUT2D eigenvalue weighted by Crippen LogP contribution is 2.42. The Hall–Kier alpha value is -7.98. The van der Waals surface area contributed by atoms with Gasteiger partial charge in [0.15, 0.2) is 8.07 Å². The molecule has 10 aromatic carbocycles. The summed E-state index contributed by atoms with van der Waals surface area (Å²) in [4.78, 5) is 0. The van der Waals surface area contributed by atoms with E-state index in [0.29, 0.717) is 0 Å². The van der Waals surface area contributed by atoms with Crippen LogP contribution in [0.1, 0.15) is 0 Å². The summed E-state index contributed by atoms with van der Waals surface area (Å²) in [7, 11) is -2.84. The molecule has 0 bridgehead atoms. The highest BCUT2D eigenvalue weighted by Gasteiger charge is 2.41. The Balaban J connectivity index is 1.21. The molecule has 0 saturated carbocycles. The molecule has 3 heteroatoms. The van der Waals surface area contributed by atoms with E-state index in [1.807, 2.05) is 0 Å². The monoisotopic (exact) mass is 818 g/mol. The standard InChI is InChI=1S/C60H42N2Si/c1-6-21-43(22-7-1)45-37-39-50(44-23-8-2-9-24-44)58(41-45)62-56-35-19-17-32-52(56)54-33-20-36-57(60(54)62)61-55-34-18-16-31-51(55)53-40-38-49(42-59(53)61)63(46-25-10-3-11-26-46,47-27-12-4-13-28-47)48-29-14-5-15-30-48/h1-42H. The van der Waals surface area contributed by atoms with Gasteiger partial charge in [0.05, 0.1) is 33.4 Å². The Labute approximate surface area is 368 Å². The van der Waals surface area contributed by atoms with Crippen molar-refractivity contribution in [1.82, 2.24) is 9.13 Å². The van der Waals surface area contributed by atoms with Crippen molar-refractivity contribution in [3.05, 3.63) is 255 Å². The number of hydrogen-bond donors (Lipinski definition) is 0. The maximum Gasteiger partial charge on any atom is 0.179 e. The fourth-order valence-electron chi connectivity index (χ4n) is 10.3. The van der Waals surface area contributed by atoms with Crippen LogP contribution in [0.25, 0.3) is 77.2 Å². The molecule has 0 aliphatic heterocycles. The van der Waals surface area contributed by atoms with Crippen LogP contribution in [0.4, 0.5) is 0 Å². The Kier molecular flexibility index (Phi) is 8.87. The summed E-state index contributed by atoms with van der Waals surface area (Å²) in [5, 5.41) is 10.3. The van der Waals surface area contributed by atoms with E-state index in [-0.39, 0.29) is 0 Å². The van der Waals surface area contributed by atoms with Crippen molar-refractivity contribution in [1.29, 1.82) is 0 Å². The summed E-state index contributed by atoms with van der Waals surface area (Å²) in [5.41, 5.74) is 11.7. The van der Waals surface area contributed by atoms with E-state index in [1.165, 1.54) is 86.6 Å². The highest BCUT2D eigenvalue weighted by atomic mass is 28.3. The maximum absolute atomic E-state index is 2.84. The summed E-state index contributed by atoms with van der Waals surface area (Å²) in [6.45, 7) is 0. The van der Waals surface area contributed by atoms with Gasteiger partial charge in [-0.1, -0.05) is 224 Å². The highest BCUT2D eigenvalue weighted by molar-refractivity contribution is 7.20. The normalized spacial score (nSPS) is 11.8. The molecule has 0 unspecified atom stereocenters. The lowest BCUT2D eigenvalue weighted by Crippen LogP contribution is -2.74. The third-order valence-corrected chi connectivity index (χ3v) is 17.8. The van der Waals surface area contributed by atoms with Crippen molar-refractivity contribution >= 4 is 72.4 Å². The van der Waals surface area contributed by atoms with Gasteiger partial charge in [-0.05, 0) is 67.8 Å². The predicted molar refractivity (Wildman–Crippen MR) is 270 cm³/mol. The molecule has 0 saturated heterocycles. The van der Waals surface area contributed by atoms with Gasteiger partial charge in [-0.3, -0.25) is 0 Å². The molecule has 0 aliphatic rings. The van der Waals surface area contributed by atoms with Crippen molar-refractivity contribution in [2.75, 3.05) is 0 Å². The van der Waals surface area contributed by atoms with Crippen LogP contribution in [-0.4, -0.2) is 17.2 Å². The molecule has 0 N–H and O–H groups in total. The first-order valence-electron chi connectivity index (χ1n) is 21.8. The van der Waals surface area contributed by atoms with Crippen molar-refractivity contribution in [2.24, 2.45) is 0 Å². The van der Waals surface area contributed by atoms with Crippen molar-refractivity contribution in [3.63, 3.8) is 0 Å². The van der Waals surface area contributed by atoms with Crippen LogP contribution in [0.5, 0.6) is 0 Å². The molecule has 0 amide bonds. The van der Waals surface area contributed by atoms with E-state index in [4.69, 9.17) is 0 Å². The second-order valence-electron chi connectivity index (χ2n) is 16.4. The quantitative estimate of drug-likeness (QED) is 0.107. The van der Waals surface area contributed by atoms with Crippen LogP contribution in [0.2, 0.25) is 0 Å². The second-order valence-corrected chi connectivity index (χ2v) is 20.2. The third-order valence-electron chi connectivity index (χ3n) is 13.1. The number of benzene rings is 10. The maximum atomic E-state index is 2.55. The smallest absolute Gasteiger partial charge is 0.179 e. The van der Waals surface area contributed by atoms with Gasteiger partial charge in [-0.15, -0.1) is 0 Å². The minimum atomic E-state index is -2.84. The fraction of sp³-hybridized carbons (Fsp3) is 0. The zero-order chi connectivity index (χ0) is 41.7. The van der Waals surface area contributed by atoms with Crippen LogP contribution in [-0.2, 0) is 0 Å². The van der Waals surface area contributed by atoms with E-state index in [2.05, 4.69) is 264 Å². The van der Waals surface area contributed by atoms with Gasteiger partial charge in [-0.2, -0.15) is 0 Å². The van der Waals surface area contributed by atoms with Gasteiger partial charge in [0.2, 0.25) is 0 Å². The number of aromatic nitrogens is 2. The molecule has 296 valence electrons. The minimum absolute atomic E-state index is 1.14. The van der Waals surface area contributed by atoms with Gasteiger partial charge < -0.3 is 9.13 Å². The SMILES string of the molecule is c1ccc(-c2ccc(-c3ccccc3)c(-n3c4ccccc4c4cccc(-n5c6ccccc6c6ccc([Si](c7ccccc7)(c7ccccc7)c7ccccc7)cc65)c43)c2)cc1. The lowest BCUT2D eigenvalue weighted by atomic mass is 9.98. The van der Waals surface area contributed by atoms with Crippen molar-refractivity contribution < 1.29 is 0 Å². The van der Waals surface area contributed by atoms with Crippen molar-refractivity contribution in [3.8, 4) is 33.6 Å².